The van der Waals surface area contributed by atoms with E-state index in [9.17, 15) is 14.7 Å². The fourth-order valence-electron chi connectivity index (χ4n) is 8.04. The summed E-state index contributed by atoms with van der Waals surface area (Å²) in [5, 5.41) is 25.3. The van der Waals surface area contributed by atoms with Crippen LogP contribution in [0.15, 0.2) is 60.9 Å². The highest BCUT2D eigenvalue weighted by molar-refractivity contribution is 6.02. The van der Waals surface area contributed by atoms with Gasteiger partial charge in [0, 0.05) is 18.5 Å². The Morgan fingerprint density at radius 3 is 2.57 bits per heavy atom. The summed E-state index contributed by atoms with van der Waals surface area (Å²) in [7, 11) is 0. The van der Waals surface area contributed by atoms with Crippen LogP contribution in [0.1, 0.15) is 43.6 Å². The number of ether oxygens (including phenoxy) is 1. The number of alkyl halides is 2. The van der Waals surface area contributed by atoms with Crippen LogP contribution in [0.5, 0.6) is 11.5 Å². The Labute approximate surface area is 293 Å². The summed E-state index contributed by atoms with van der Waals surface area (Å²) in [5.74, 6) is -2.44. The summed E-state index contributed by atoms with van der Waals surface area (Å²) >= 11 is 0. The van der Waals surface area contributed by atoms with Gasteiger partial charge in [0.25, 0.3) is 5.92 Å². The van der Waals surface area contributed by atoms with Crippen molar-refractivity contribution in [3.05, 3.63) is 66.5 Å². The van der Waals surface area contributed by atoms with Crippen LogP contribution in [0.25, 0.3) is 16.9 Å². The number of nitrogens with zero attached hydrogens (tertiary/aromatic N) is 7. The summed E-state index contributed by atoms with van der Waals surface area (Å²) in [4.78, 5) is 30.0. The first kappa shape index (κ1) is 32.9. The highest BCUT2D eigenvalue weighted by Gasteiger charge is 2.48. The number of fused-ring (bicyclic) bond motifs is 1. The van der Waals surface area contributed by atoms with Gasteiger partial charge >= 0.3 is 0 Å². The van der Waals surface area contributed by atoms with Crippen molar-refractivity contribution in [1.82, 2.24) is 30.2 Å². The average molecular weight is 700 g/mol. The Bertz CT molecular complexity index is 1960. The fourth-order valence-corrected chi connectivity index (χ4v) is 8.04. The number of aromatic nitrogens is 4. The standard InChI is InChI=1S/C36H39F2N9O4/c37-36(38)21-45(23-19-40-47(20-23)29-18-26(42-43-34(29)39)25-4-1-2-7-30(25)48)15-12-31(36)44-13-10-22(11-14-44)24-5-3-6-27-33(24)51-17-16-46(27)28-8-9-32(49)41-35(28)50/h1-7,18-20,22,28,31,48H,8-17,21H2,(H2,39,43)(H,41,49,50). The Morgan fingerprint density at radius 2 is 1.78 bits per heavy atom. The molecule has 4 aliphatic heterocycles. The topological polar surface area (TPSA) is 155 Å². The number of rotatable bonds is 6. The van der Waals surface area contributed by atoms with E-state index in [0.717, 1.165) is 17.0 Å². The molecule has 2 amide bonds. The number of anilines is 3. The third kappa shape index (κ3) is 6.19. The average Bonchev–Trinajstić information content (AvgIpc) is 3.62. The van der Waals surface area contributed by atoms with Gasteiger partial charge in [-0.15, -0.1) is 10.2 Å². The molecule has 13 nitrogen and oxygen atoms in total. The molecule has 2 aromatic heterocycles. The monoisotopic (exact) mass is 699 g/mol. The van der Waals surface area contributed by atoms with Crippen molar-refractivity contribution in [3.8, 4) is 28.4 Å². The highest BCUT2D eigenvalue weighted by atomic mass is 19.3. The first-order valence-electron chi connectivity index (χ1n) is 17.4. The largest absolute Gasteiger partial charge is 0.507 e. The Kier molecular flexibility index (Phi) is 8.44. The normalized spacial score (nSPS) is 22.7. The van der Waals surface area contributed by atoms with E-state index in [4.69, 9.17) is 10.5 Å². The molecule has 0 saturated carbocycles. The van der Waals surface area contributed by atoms with E-state index in [1.807, 2.05) is 28.0 Å². The van der Waals surface area contributed by atoms with Crippen molar-refractivity contribution < 1.29 is 28.2 Å². The zero-order chi connectivity index (χ0) is 35.3. The van der Waals surface area contributed by atoms with Gasteiger partial charge in [0.1, 0.15) is 29.8 Å². The van der Waals surface area contributed by atoms with Crippen LogP contribution >= 0.6 is 0 Å². The molecule has 3 fully saturated rings. The van der Waals surface area contributed by atoms with Gasteiger partial charge in [-0.05, 0) is 74.5 Å². The number of imide groups is 1. The SMILES string of the molecule is Nc1nnc(-c2ccccc2O)cc1-n1cc(N2CCC(N3CCC(c4cccc5c4OCCN5C4CCC(=O)NC4=O)CC3)C(F)(F)C2)cn1. The van der Waals surface area contributed by atoms with Gasteiger partial charge < -0.3 is 25.4 Å². The molecule has 0 aliphatic carbocycles. The minimum Gasteiger partial charge on any atom is -0.507 e. The molecule has 0 spiro atoms. The van der Waals surface area contributed by atoms with E-state index in [0.29, 0.717) is 87.5 Å². The zero-order valence-corrected chi connectivity index (χ0v) is 27.9. The molecule has 2 atom stereocenters. The predicted octanol–water partition coefficient (Wildman–Crippen LogP) is 3.71. The third-order valence-corrected chi connectivity index (χ3v) is 10.6. The smallest absolute Gasteiger partial charge is 0.280 e. The number of para-hydroxylation sites is 2. The van der Waals surface area contributed by atoms with Crippen LogP contribution in [-0.4, -0.2) is 99.1 Å². The predicted molar refractivity (Wildman–Crippen MR) is 185 cm³/mol. The van der Waals surface area contributed by atoms with Gasteiger partial charge in [0.05, 0.1) is 48.6 Å². The van der Waals surface area contributed by atoms with E-state index < -0.39 is 24.6 Å². The number of phenols is 1. The Morgan fingerprint density at radius 1 is 0.961 bits per heavy atom. The van der Waals surface area contributed by atoms with E-state index in [2.05, 4.69) is 20.6 Å². The molecule has 4 aromatic rings. The van der Waals surface area contributed by atoms with Gasteiger partial charge in [-0.25, -0.2) is 13.5 Å². The molecule has 0 bridgehead atoms. The lowest BCUT2D eigenvalue weighted by Crippen LogP contribution is -2.59. The summed E-state index contributed by atoms with van der Waals surface area (Å²) in [5.41, 5.74) is 9.87. The second kappa shape index (κ2) is 13.1. The number of nitrogens with one attached hydrogen (secondary N) is 1. The molecule has 15 heteroatoms. The molecular weight excluding hydrogens is 660 g/mol. The summed E-state index contributed by atoms with van der Waals surface area (Å²) in [6.45, 7) is 2.05. The molecule has 2 unspecified atom stereocenters. The molecule has 8 rings (SSSR count). The molecule has 2 aromatic carbocycles. The number of nitrogens with two attached hydrogens (primary N) is 1. The summed E-state index contributed by atoms with van der Waals surface area (Å²) in [6.07, 6.45) is 5.69. The number of aromatic hydroxyl groups is 1. The van der Waals surface area contributed by atoms with E-state index in [-0.39, 0.29) is 29.3 Å². The van der Waals surface area contributed by atoms with Crippen molar-refractivity contribution in [1.29, 1.82) is 0 Å². The summed E-state index contributed by atoms with van der Waals surface area (Å²) in [6, 6.07) is 13.0. The van der Waals surface area contributed by atoms with Crippen molar-refractivity contribution in [2.24, 2.45) is 0 Å². The molecule has 0 radical (unpaired) electrons. The lowest BCUT2D eigenvalue weighted by atomic mass is 9.86. The van der Waals surface area contributed by atoms with Crippen molar-refractivity contribution in [2.75, 3.05) is 54.9 Å². The Balaban J connectivity index is 0.923. The van der Waals surface area contributed by atoms with Crippen molar-refractivity contribution >= 4 is 29.0 Å². The van der Waals surface area contributed by atoms with Crippen LogP contribution in [0.2, 0.25) is 0 Å². The molecule has 266 valence electrons. The number of carbonyl (C=O) groups is 2. The first-order chi connectivity index (χ1) is 24.7. The molecule has 6 heterocycles. The minimum atomic E-state index is -2.96. The lowest BCUT2D eigenvalue weighted by Gasteiger charge is -2.46. The number of halogens is 2. The molecule has 3 saturated heterocycles. The van der Waals surface area contributed by atoms with Crippen LogP contribution < -0.4 is 25.6 Å². The van der Waals surface area contributed by atoms with E-state index in [1.54, 1.807) is 47.6 Å². The number of hydrogen-bond acceptors (Lipinski definition) is 11. The van der Waals surface area contributed by atoms with Gasteiger partial charge in [0.15, 0.2) is 5.82 Å². The minimum absolute atomic E-state index is 0.0457. The first-order valence-corrected chi connectivity index (χ1v) is 17.4. The maximum atomic E-state index is 15.9. The molecular formula is C36H39F2N9O4. The van der Waals surface area contributed by atoms with Crippen molar-refractivity contribution in [2.45, 2.75) is 56.0 Å². The number of piperidine rings is 3. The maximum Gasteiger partial charge on any atom is 0.280 e. The Hall–Kier alpha value is -5.31. The van der Waals surface area contributed by atoms with Gasteiger partial charge in [-0.1, -0.05) is 24.3 Å². The van der Waals surface area contributed by atoms with Crippen LogP contribution in [0, 0.1) is 0 Å². The number of phenolic OH excluding ortho intramolecular Hbond substituents is 1. The van der Waals surface area contributed by atoms with Crippen LogP contribution in [0.3, 0.4) is 0 Å². The van der Waals surface area contributed by atoms with Gasteiger partial charge in [-0.3, -0.25) is 19.8 Å². The van der Waals surface area contributed by atoms with Crippen molar-refractivity contribution in [3.63, 3.8) is 0 Å². The molecule has 4 aliphatic rings. The molecule has 4 N–H and O–H groups in total. The number of amides is 2. The lowest BCUT2D eigenvalue weighted by molar-refractivity contribution is -0.134. The number of hydrogen-bond donors (Lipinski definition) is 3. The van der Waals surface area contributed by atoms with Gasteiger partial charge in [-0.2, -0.15) is 5.10 Å². The van der Waals surface area contributed by atoms with Gasteiger partial charge in [0.2, 0.25) is 11.8 Å². The second-order valence-electron chi connectivity index (χ2n) is 13.7. The van der Waals surface area contributed by atoms with Crippen LogP contribution in [0.4, 0.5) is 26.0 Å². The fraction of sp³-hybridized carbons (Fsp3) is 0.417. The van der Waals surface area contributed by atoms with Crippen LogP contribution in [-0.2, 0) is 9.59 Å². The van der Waals surface area contributed by atoms with E-state index >= 15 is 8.78 Å². The second-order valence-corrected chi connectivity index (χ2v) is 13.7. The highest BCUT2D eigenvalue weighted by Crippen LogP contribution is 2.44. The number of nitrogen functional groups attached to an aromatic ring is 1. The number of likely N-dealkylation sites (tertiary alicyclic amines) is 1. The summed E-state index contributed by atoms with van der Waals surface area (Å²) < 4.78 is 39.5. The zero-order valence-electron chi connectivity index (χ0n) is 27.9. The number of carbonyl (C=O) groups excluding carboxylic acids is 2. The molecule has 51 heavy (non-hydrogen) atoms. The number of benzene rings is 2. The maximum absolute atomic E-state index is 15.9. The quantitative estimate of drug-likeness (QED) is 0.252. The van der Waals surface area contributed by atoms with E-state index in [1.165, 1.54) is 4.68 Å². The third-order valence-electron chi connectivity index (χ3n) is 10.6.